The van der Waals surface area contributed by atoms with Crippen LogP contribution in [0.3, 0.4) is 0 Å². The lowest BCUT2D eigenvalue weighted by Gasteiger charge is -2.26. The summed E-state index contributed by atoms with van der Waals surface area (Å²) in [5, 5.41) is 0. The lowest BCUT2D eigenvalue weighted by Crippen LogP contribution is -2.39. The Morgan fingerprint density at radius 2 is 0.974 bits per heavy atom. The average Bonchev–Trinajstić information content (AvgIpc) is 2.95. The Kier molecular flexibility index (Phi) is 14.0. The van der Waals surface area contributed by atoms with Gasteiger partial charge >= 0.3 is 24.1 Å². The average molecular weight is 539 g/mol. The molecule has 2 amide bonds. The Hall–Kier alpha value is -2.78. The van der Waals surface area contributed by atoms with Crippen LogP contribution in [0.4, 0.5) is 9.59 Å². The molecule has 0 bridgehead atoms. The fourth-order valence-corrected chi connectivity index (χ4v) is 4.51. The Balaban J connectivity index is 1.60. The number of rotatable bonds is 12. The molecule has 0 saturated heterocycles. The van der Waals surface area contributed by atoms with Gasteiger partial charge in [-0.05, 0) is 51.4 Å². The smallest absolute Gasteiger partial charge is 0.409 e. The van der Waals surface area contributed by atoms with Crippen LogP contribution >= 0.6 is 0 Å². The highest BCUT2D eigenvalue weighted by atomic mass is 16.6. The summed E-state index contributed by atoms with van der Waals surface area (Å²) in [6, 6.07) is -0.792. The SMILES string of the molecule is C[C@@H](COC(=O)/C=C/C(=O)OC[C@H](C)N(C)C(=O)OCC1CCCCC1)N(C)C(=O)OCC1CCCCC1. The lowest BCUT2D eigenvalue weighted by atomic mass is 9.90. The van der Waals surface area contributed by atoms with Gasteiger partial charge in [0.15, 0.2) is 0 Å². The number of amides is 2. The van der Waals surface area contributed by atoms with Crippen LogP contribution in [0.15, 0.2) is 12.2 Å². The number of hydrogen-bond donors (Lipinski definition) is 0. The number of carbonyl (C=O) groups excluding carboxylic acids is 4. The second-order valence-corrected chi connectivity index (χ2v) is 10.7. The summed E-state index contributed by atoms with van der Waals surface area (Å²) >= 11 is 0. The van der Waals surface area contributed by atoms with Crippen LogP contribution in [0.2, 0.25) is 0 Å². The molecule has 2 rings (SSSR count). The molecule has 0 N–H and O–H groups in total. The van der Waals surface area contributed by atoms with Gasteiger partial charge in [0.25, 0.3) is 0 Å². The van der Waals surface area contributed by atoms with Crippen LogP contribution in [-0.4, -0.2) is 86.5 Å². The molecule has 10 heteroatoms. The van der Waals surface area contributed by atoms with Gasteiger partial charge in [0.05, 0.1) is 25.3 Å². The first-order chi connectivity index (χ1) is 18.2. The highest BCUT2D eigenvalue weighted by Gasteiger charge is 2.22. The molecule has 0 heterocycles. The van der Waals surface area contributed by atoms with Gasteiger partial charge in [-0.15, -0.1) is 0 Å². The third-order valence-corrected chi connectivity index (χ3v) is 7.52. The second kappa shape index (κ2) is 16.9. The number of carbonyl (C=O) groups is 4. The van der Waals surface area contributed by atoms with E-state index in [4.69, 9.17) is 18.9 Å². The number of esters is 2. The van der Waals surface area contributed by atoms with Crippen molar-refractivity contribution in [3.8, 4) is 0 Å². The summed E-state index contributed by atoms with van der Waals surface area (Å²) in [6.45, 7) is 4.22. The van der Waals surface area contributed by atoms with Gasteiger partial charge in [-0.2, -0.15) is 0 Å². The zero-order valence-electron chi connectivity index (χ0n) is 23.5. The van der Waals surface area contributed by atoms with E-state index in [1.807, 2.05) is 0 Å². The molecule has 216 valence electrons. The molecule has 0 aromatic carbocycles. The van der Waals surface area contributed by atoms with Gasteiger partial charge < -0.3 is 28.7 Å². The van der Waals surface area contributed by atoms with E-state index in [0.717, 1.165) is 37.8 Å². The van der Waals surface area contributed by atoms with Gasteiger partial charge in [0.2, 0.25) is 0 Å². The molecule has 0 aromatic heterocycles. The molecule has 0 spiro atoms. The van der Waals surface area contributed by atoms with E-state index < -0.39 is 36.2 Å². The fourth-order valence-electron chi connectivity index (χ4n) is 4.51. The molecule has 0 aromatic rings. The molecule has 2 aliphatic rings. The molecule has 2 aliphatic carbocycles. The van der Waals surface area contributed by atoms with Gasteiger partial charge in [-0.25, -0.2) is 19.2 Å². The van der Waals surface area contributed by atoms with E-state index in [1.165, 1.54) is 48.3 Å². The summed E-state index contributed by atoms with van der Waals surface area (Å²) in [5.41, 5.74) is 0. The monoisotopic (exact) mass is 538 g/mol. The minimum atomic E-state index is -0.728. The van der Waals surface area contributed by atoms with Crippen molar-refractivity contribution >= 4 is 24.1 Å². The Bertz CT molecular complexity index is 726. The van der Waals surface area contributed by atoms with E-state index in [0.29, 0.717) is 25.0 Å². The molecular weight excluding hydrogens is 492 g/mol. The van der Waals surface area contributed by atoms with Crippen molar-refractivity contribution in [3.05, 3.63) is 12.2 Å². The van der Waals surface area contributed by atoms with Gasteiger partial charge in [-0.3, -0.25) is 0 Å². The molecule has 2 fully saturated rings. The Morgan fingerprint density at radius 3 is 1.32 bits per heavy atom. The minimum Gasteiger partial charge on any atom is -0.460 e. The molecule has 0 unspecified atom stereocenters. The maximum Gasteiger partial charge on any atom is 0.409 e. The van der Waals surface area contributed by atoms with Crippen LogP contribution in [0.25, 0.3) is 0 Å². The molecule has 10 nitrogen and oxygen atoms in total. The highest BCUT2D eigenvalue weighted by molar-refractivity contribution is 5.91. The van der Waals surface area contributed by atoms with E-state index >= 15 is 0 Å². The van der Waals surface area contributed by atoms with Crippen molar-refractivity contribution in [2.24, 2.45) is 11.8 Å². The summed E-state index contributed by atoms with van der Waals surface area (Å²) in [6.07, 6.45) is 12.6. The van der Waals surface area contributed by atoms with E-state index in [9.17, 15) is 19.2 Å². The molecule has 2 saturated carbocycles. The van der Waals surface area contributed by atoms with Gasteiger partial charge in [-0.1, -0.05) is 38.5 Å². The number of ether oxygens (including phenoxy) is 4. The molecular formula is C28H46N2O8. The molecule has 0 aliphatic heterocycles. The predicted octanol–water partition coefficient (Wildman–Crippen LogP) is 4.70. The van der Waals surface area contributed by atoms with Crippen LogP contribution in [0.1, 0.15) is 78.1 Å². The van der Waals surface area contributed by atoms with Crippen LogP contribution < -0.4 is 0 Å². The van der Waals surface area contributed by atoms with Crippen molar-refractivity contribution in [2.75, 3.05) is 40.5 Å². The zero-order chi connectivity index (χ0) is 27.9. The van der Waals surface area contributed by atoms with E-state index in [2.05, 4.69) is 0 Å². The van der Waals surface area contributed by atoms with E-state index in [-0.39, 0.29) is 13.2 Å². The Labute approximate surface area is 227 Å². The van der Waals surface area contributed by atoms with E-state index in [1.54, 1.807) is 27.9 Å². The van der Waals surface area contributed by atoms with Crippen LogP contribution in [0, 0.1) is 11.8 Å². The predicted molar refractivity (Wildman–Crippen MR) is 141 cm³/mol. The number of hydrogen-bond acceptors (Lipinski definition) is 8. The third kappa shape index (κ3) is 11.7. The topological polar surface area (TPSA) is 112 Å². The first-order valence-corrected chi connectivity index (χ1v) is 14.0. The minimum absolute atomic E-state index is 0.0436. The fraction of sp³-hybridized carbons (Fsp3) is 0.786. The van der Waals surface area contributed by atoms with Gasteiger partial charge in [0, 0.05) is 26.2 Å². The van der Waals surface area contributed by atoms with Crippen molar-refractivity contribution < 1.29 is 38.1 Å². The first-order valence-electron chi connectivity index (χ1n) is 14.0. The van der Waals surface area contributed by atoms with Crippen LogP contribution in [-0.2, 0) is 28.5 Å². The number of nitrogens with zero attached hydrogens (tertiary/aromatic N) is 2. The quantitative estimate of drug-likeness (QED) is 0.200. The normalized spacial score (nSPS) is 18.3. The van der Waals surface area contributed by atoms with Gasteiger partial charge in [0.1, 0.15) is 13.2 Å². The third-order valence-electron chi connectivity index (χ3n) is 7.52. The maximum absolute atomic E-state index is 12.3. The maximum atomic E-state index is 12.3. The largest absolute Gasteiger partial charge is 0.460 e. The Morgan fingerprint density at radius 1 is 0.632 bits per heavy atom. The summed E-state index contributed by atoms with van der Waals surface area (Å²) < 4.78 is 21.1. The summed E-state index contributed by atoms with van der Waals surface area (Å²) in [5.74, 6) is -0.617. The lowest BCUT2D eigenvalue weighted by molar-refractivity contribution is -0.141. The molecule has 38 heavy (non-hydrogen) atoms. The van der Waals surface area contributed by atoms with Crippen molar-refractivity contribution in [1.82, 2.24) is 9.80 Å². The summed E-state index contributed by atoms with van der Waals surface area (Å²) in [4.78, 5) is 51.3. The molecule has 0 radical (unpaired) electrons. The van der Waals surface area contributed by atoms with Crippen molar-refractivity contribution in [2.45, 2.75) is 90.1 Å². The van der Waals surface area contributed by atoms with Crippen molar-refractivity contribution in [1.29, 1.82) is 0 Å². The number of likely N-dealkylation sites (N-methyl/N-ethyl adjacent to an activating group) is 2. The summed E-state index contributed by atoms with van der Waals surface area (Å²) in [7, 11) is 3.19. The van der Waals surface area contributed by atoms with Crippen LogP contribution in [0.5, 0.6) is 0 Å². The highest BCUT2D eigenvalue weighted by Crippen LogP contribution is 2.24. The molecule has 2 atom stereocenters. The zero-order valence-corrected chi connectivity index (χ0v) is 23.5. The first kappa shape index (κ1) is 31.4. The van der Waals surface area contributed by atoms with Crippen molar-refractivity contribution in [3.63, 3.8) is 0 Å². The standard InChI is InChI=1S/C28H46N2O8/c1-21(29(3)27(33)37-19-23-11-7-5-8-12-23)17-35-25(31)15-16-26(32)36-18-22(2)30(4)28(34)38-20-24-13-9-6-10-14-24/h15-16,21-24H,5-14,17-20H2,1-4H3/b16-15+/t21-,22-/m0/s1. The second-order valence-electron chi connectivity index (χ2n) is 10.7.